The van der Waals surface area contributed by atoms with E-state index in [1.807, 2.05) is 71.3 Å². The van der Waals surface area contributed by atoms with E-state index in [0.717, 1.165) is 11.3 Å². The van der Waals surface area contributed by atoms with E-state index < -0.39 is 0 Å². The van der Waals surface area contributed by atoms with E-state index in [1.165, 1.54) is 5.56 Å². The van der Waals surface area contributed by atoms with Gasteiger partial charge in [-0.15, -0.1) is 0 Å². The maximum atomic E-state index is 12.5. The average molecular weight is 366 g/mol. The molecule has 0 spiro atoms. The Balaban J connectivity index is 1.39. The number of amides is 2. The molecule has 5 nitrogen and oxygen atoms in total. The van der Waals surface area contributed by atoms with Gasteiger partial charge in [0.2, 0.25) is 11.8 Å². The molecule has 142 valence electrons. The molecule has 1 heterocycles. The summed E-state index contributed by atoms with van der Waals surface area (Å²) >= 11 is 0. The summed E-state index contributed by atoms with van der Waals surface area (Å²) in [4.78, 5) is 28.5. The van der Waals surface area contributed by atoms with Crippen LogP contribution in [0.2, 0.25) is 0 Å². The van der Waals surface area contributed by atoms with Crippen LogP contribution in [0, 0.1) is 6.92 Å². The van der Waals surface area contributed by atoms with Crippen molar-refractivity contribution in [3.63, 3.8) is 0 Å². The molecular weight excluding hydrogens is 340 g/mol. The van der Waals surface area contributed by atoms with Gasteiger partial charge in [0.05, 0.1) is 19.4 Å². The molecule has 0 radical (unpaired) electrons. The Kier molecular flexibility index (Phi) is 6.47. The lowest BCUT2D eigenvalue weighted by molar-refractivity contribution is -0.139. The first-order chi connectivity index (χ1) is 13.1. The van der Waals surface area contributed by atoms with Crippen LogP contribution in [0.15, 0.2) is 54.6 Å². The van der Waals surface area contributed by atoms with Crippen LogP contribution in [0.4, 0.5) is 0 Å². The molecule has 27 heavy (non-hydrogen) atoms. The number of ether oxygens (including phenoxy) is 1. The molecule has 2 aromatic rings. The molecule has 1 saturated heterocycles. The molecule has 0 aliphatic carbocycles. The fourth-order valence-electron chi connectivity index (χ4n) is 3.13. The van der Waals surface area contributed by atoms with Gasteiger partial charge in [0.25, 0.3) is 0 Å². The third-order valence-corrected chi connectivity index (χ3v) is 4.79. The molecule has 0 saturated carbocycles. The van der Waals surface area contributed by atoms with E-state index in [2.05, 4.69) is 0 Å². The fourth-order valence-corrected chi connectivity index (χ4v) is 3.13. The highest BCUT2D eigenvalue weighted by molar-refractivity contribution is 5.80. The maximum Gasteiger partial charge on any atom is 0.227 e. The van der Waals surface area contributed by atoms with E-state index in [9.17, 15) is 9.59 Å². The zero-order valence-electron chi connectivity index (χ0n) is 15.8. The molecule has 0 N–H and O–H groups in total. The first-order valence-electron chi connectivity index (χ1n) is 9.41. The largest absolute Gasteiger partial charge is 0.493 e. The minimum absolute atomic E-state index is 0.0802. The van der Waals surface area contributed by atoms with E-state index >= 15 is 0 Å². The minimum Gasteiger partial charge on any atom is -0.493 e. The van der Waals surface area contributed by atoms with Crippen molar-refractivity contribution in [3.05, 3.63) is 65.7 Å². The highest BCUT2D eigenvalue weighted by Gasteiger charge is 2.23. The Morgan fingerprint density at radius 1 is 0.852 bits per heavy atom. The van der Waals surface area contributed by atoms with E-state index in [-0.39, 0.29) is 11.8 Å². The predicted octanol–water partition coefficient (Wildman–Crippen LogP) is 2.68. The number of benzene rings is 2. The summed E-state index contributed by atoms with van der Waals surface area (Å²) in [7, 11) is 0. The number of hydrogen-bond donors (Lipinski definition) is 0. The number of carbonyl (C=O) groups is 2. The van der Waals surface area contributed by atoms with Crippen LogP contribution in [-0.4, -0.2) is 54.4 Å². The summed E-state index contributed by atoms with van der Waals surface area (Å²) in [6.07, 6.45) is 0.769. The molecule has 2 aromatic carbocycles. The third-order valence-electron chi connectivity index (χ3n) is 4.79. The van der Waals surface area contributed by atoms with E-state index in [1.54, 1.807) is 0 Å². The van der Waals surface area contributed by atoms with Crippen LogP contribution in [0.3, 0.4) is 0 Å². The Bertz CT molecular complexity index is 751. The lowest BCUT2D eigenvalue weighted by atomic mass is 10.1. The van der Waals surface area contributed by atoms with Gasteiger partial charge in [-0.3, -0.25) is 9.59 Å². The monoisotopic (exact) mass is 366 g/mol. The Labute approximate surface area is 160 Å². The number of nitrogens with zero attached hydrogens (tertiary/aromatic N) is 2. The minimum atomic E-state index is 0.0802. The summed E-state index contributed by atoms with van der Waals surface area (Å²) in [6.45, 7) is 4.77. The van der Waals surface area contributed by atoms with Crippen molar-refractivity contribution in [2.24, 2.45) is 0 Å². The number of para-hydroxylation sites is 1. The highest BCUT2D eigenvalue weighted by Crippen LogP contribution is 2.11. The summed E-state index contributed by atoms with van der Waals surface area (Å²) < 4.78 is 5.59. The smallest absolute Gasteiger partial charge is 0.227 e. The molecule has 0 bridgehead atoms. The van der Waals surface area contributed by atoms with Gasteiger partial charge in [0.1, 0.15) is 5.75 Å². The molecule has 1 aliphatic rings. The first kappa shape index (κ1) is 19.0. The van der Waals surface area contributed by atoms with Crippen LogP contribution < -0.4 is 4.74 Å². The summed E-state index contributed by atoms with van der Waals surface area (Å²) in [6, 6.07) is 17.5. The normalized spacial score (nSPS) is 14.1. The zero-order chi connectivity index (χ0) is 19.1. The third kappa shape index (κ3) is 5.58. The van der Waals surface area contributed by atoms with Crippen LogP contribution in [0.25, 0.3) is 0 Å². The molecular formula is C22H26N2O3. The Morgan fingerprint density at radius 3 is 2.07 bits per heavy atom. The lowest BCUT2D eigenvalue weighted by Crippen LogP contribution is -2.51. The van der Waals surface area contributed by atoms with E-state index in [0.29, 0.717) is 45.6 Å². The lowest BCUT2D eigenvalue weighted by Gasteiger charge is -2.35. The van der Waals surface area contributed by atoms with Gasteiger partial charge in [-0.1, -0.05) is 48.0 Å². The molecule has 1 aliphatic heterocycles. The predicted molar refractivity (Wildman–Crippen MR) is 105 cm³/mol. The van der Waals surface area contributed by atoms with Crippen LogP contribution in [0.5, 0.6) is 5.75 Å². The SMILES string of the molecule is Cc1ccc(CC(=O)N2CCN(C(=O)CCOc3ccccc3)CC2)cc1. The molecule has 3 rings (SSSR count). The van der Waals surface area contributed by atoms with Crippen molar-refractivity contribution >= 4 is 11.8 Å². The molecule has 1 fully saturated rings. The number of rotatable bonds is 6. The Hall–Kier alpha value is -2.82. The standard InChI is InChI=1S/C22H26N2O3/c1-18-7-9-19(10-8-18)17-22(26)24-14-12-23(13-15-24)21(25)11-16-27-20-5-3-2-4-6-20/h2-10H,11-17H2,1H3. The molecule has 0 aromatic heterocycles. The van der Waals surface area contributed by atoms with Gasteiger partial charge in [-0.2, -0.15) is 0 Å². The van der Waals surface area contributed by atoms with Crippen molar-refractivity contribution in [3.8, 4) is 5.75 Å². The molecule has 0 unspecified atom stereocenters. The van der Waals surface area contributed by atoms with Gasteiger partial charge in [0, 0.05) is 26.2 Å². The fraction of sp³-hybridized carbons (Fsp3) is 0.364. The van der Waals surface area contributed by atoms with Gasteiger partial charge in [-0.25, -0.2) is 0 Å². The maximum absolute atomic E-state index is 12.5. The quantitative estimate of drug-likeness (QED) is 0.790. The number of piperazine rings is 1. The van der Waals surface area contributed by atoms with E-state index in [4.69, 9.17) is 4.74 Å². The van der Waals surface area contributed by atoms with Crippen LogP contribution in [-0.2, 0) is 16.0 Å². The Morgan fingerprint density at radius 2 is 1.44 bits per heavy atom. The zero-order valence-corrected chi connectivity index (χ0v) is 15.8. The van der Waals surface area contributed by atoms with Crippen LogP contribution in [0.1, 0.15) is 17.5 Å². The first-order valence-corrected chi connectivity index (χ1v) is 9.41. The van der Waals surface area contributed by atoms with Crippen molar-refractivity contribution in [1.29, 1.82) is 0 Å². The second kappa shape index (κ2) is 9.21. The number of carbonyl (C=O) groups excluding carboxylic acids is 2. The van der Waals surface area contributed by atoms with Crippen molar-refractivity contribution < 1.29 is 14.3 Å². The van der Waals surface area contributed by atoms with Crippen molar-refractivity contribution in [2.75, 3.05) is 32.8 Å². The second-order valence-corrected chi connectivity index (χ2v) is 6.84. The number of hydrogen-bond acceptors (Lipinski definition) is 3. The summed E-state index contributed by atoms with van der Waals surface area (Å²) in [5, 5.41) is 0. The molecule has 0 atom stereocenters. The topological polar surface area (TPSA) is 49.9 Å². The highest BCUT2D eigenvalue weighted by atomic mass is 16.5. The van der Waals surface area contributed by atoms with Crippen molar-refractivity contribution in [2.45, 2.75) is 19.8 Å². The summed E-state index contributed by atoms with van der Waals surface area (Å²) in [5.74, 6) is 0.978. The number of aryl methyl sites for hydroxylation is 1. The van der Waals surface area contributed by atoms with Crippen molar-refractivity contribution in [1.82, 2.24) is 9.80 Å². The van der Waals surface area contributed by atoms with Crippen LogP contribution >= 0.6 is 0 Å². The molecule has 2 amide bonds. The van der Waals surface area contributed by atoms with Gasteiger partial charge >= 0.3 is 0 Å². The molecule has 5 heteroatoms. The van der Waals surface area contributed by atoms with Gasteiger partial charge in [0.15, 0.2) is 0 Å². The second-order valence-electron chi connectivity index (χ2n) is 6.84. The average Bonchev–Trinajstić information content (AvgIpc) is 2.70. The summed E-state index contributed by atoms with van der Waals surface area (Å²) in [5.41, 5.74) is 2.22. The van der Waals surface area contributed by atoms with Gasteiger partial charge in [-0.05, 0) is 24.6 Å². The van der Waals surface area contributed by atoms with Gasteiger partial charge < -0.3 is 14.5 Å².